The highest BCUT2D eigenvalue weighted by atomic mass is 32.2. The van der Waals surface area contributed by atoms with Crippen LogP contribution in [0.25, 0.3) is 0 Å². The Kier molecular flexibility index (Phi) is 2.50. The van der Waals surface area contributed by atoms with Crippen molar-refractivity contribution in [3.63, 3.8) is 0 Å². The summed E-state index contributed by atoms with van der Waals surface area (Å²) in [4.78, 5) is 17.7. The molecule has 1 aliphatic rings. The number of rotatable bonds is 1. The zero-order valence-electron chi connectivity index (χ0n) is 8.24. The highest BCUT2D eigenvalue weighted by Gasteiger charge is 2.24. The molecule has 1 amide bonds. The molecule has 5 heteroatoms. The van der Waals surface area contributed by atoms with Crippen molar-refractivity contribution in [2.75, 3.05) is 18.2 Å². The number of thioether (sulfide) groups is 1. The summed E-state index contributed by atoms with van der Waals surface area (Å²) < 4.78 is 5.28. The molecule has 2 heterocycles. The van der Waals surface area contributed by atoms with Gasteiger partial charge in [-0.25, -0.2) is 4.98 Å². The molecule has 0 aromatic carbocycles. The van der Waals surface area contributed by atoms with E-state index in [-0.39, 0.29) is 5.91 Å². The molecule has 0 N–H and O–H groups in total. The topological polar surface area (TPSA) is 46.3 Å². The molecule has 0 radical (unpaired) electrons. The van der Waals surface area contributed by atoms with Gasteiger partial charge < -0.3 is 9.32 Å². The minimum atomic E-state index is -0.0342. The van der Waals surface area contributed by atoms with Crippen LogP contribution in [0.2, 0.25) is 0 Å². The second-order valence-corrected chi connectivity index (χ2v) is 4.33. The molecule has 0 atom stereocenters. The zero-order chi connectivity index (χ0) is 10.1. The molecule has 1 saturated heterocycles. The van der Waals surface area contributed by atoms with Crippen molar-refractivity contribution in [3.05, 3.63) is 17.3 Å². The molecule has 0 unspecified atom stereocenters. The second kappa shape index (κ2) is 3.65. The van der Waals surface area contributed by atoms with E-state index in [1.165, 1.54) is 0 Å². The lowest BCUT2D eigenvalue weighted by Gasteiger charge is -2.11. The Morgan fingerprint density at radius 2 is 2.36 bits per heavy atom. The normalized spacial score (nSPS) is 16.3. The number of carbonyl (C=O) groups excluding carboxylic acids is 1. The van der Waals surface area contributed by atoms with Crippen molar-refractivity contribution in [2.45, 2.75) is 13.8 Å². The van der Waals surface area contributed by atoms with Crippen LogP contribution in [0.5, 0.6) is 0 Å². The molecular formula is C9H12N2O2S. The molecule has 1 aromatic heterocycles. The zero-order valence-corrected chi connectivity index (χ0v) is 9.06. The number of hydrogen-bond acceptors (Lipinski definition) is 4. The molecule has 2 rings (SSSR count). The molecule has 1 aliphatic heterocycles. The molecule has 0 aliphatic carbocycles. The third kappa shape index (κ3) is 1.64. The summed E-state index contributed by atoms with van der Waals surface area (Å²) in [5, 5.41) is 0. The lowest BCUT2D eigenvalue weighted by Crippen LogP contribution is -2.27. The first-order valence-corrected chi connectivity index (χ1v) is 5.65. The largest absolute Gasteiger partial charge is 0.436 e. The van der Waals surface area contributed by atoms with Crippen LogP contribution >= 0.6 is 11.8 Å². The third-order valence-electron chi connectivity index (χ3n) is 2.14. The maximum atomic E-state index is 11.9. The average molecular weight is 212 g/mol. The van der Waals surface area contributed by atoms with Crippen LogP contribution in [-0.4, -0.2) is 34.0 Å². The predicted molar refractivity (Wildman–Crippen MR) is 54.3 cm³/mol. The Hall–Kier alpha value is -0.970. The number of amides is 1. The number of nitrogens with zero attached hydrogens (tertiary/aromatic N) is 2. The number of oxazole rings is 1. The third-order valence-corrected chi connectivity index (χ3v) is 3.10. The summed E-state index contributed by atoms with van der Waals surface area (Å²) >= 11 is 1.76. The molecule has 76 valence electrons. The van der Waals surface area contributed by atoms with Gasteiger partial charge in [-0.15, -0.1) is 11.8 Å². The molecule has 4 nitrogen and oxygen atoms in total. The van der Waals surface area contributed by atoms with E-state index in [0.717, 1.165) is 18.2 Å². The van der Waals surface area contributed by atoms with Gasteiger partial charge in [0.05, 0.1) is 11.6 Å². The van der Waals surface area contributed by atoms with E-state index in [9.17, 15) is 4.79 Å². The highest BCUT2D eigenvalue weighted by Crippen LogP contribution is 2.18. The van der Waals surface area contributed by atoms with E-state index in [0.29, 0.717) is 17.3 Å². The standard InChI is InChI=1S/C9H12N2O2S/c1-6-8(13-7(2)10-6)9(12)11-3-4-14-5-11/h3-5H2,1-2H3. The predicted octanol–water partition coefficient (Wildman–Crippen LogP) is 1.44. The average Bonchev–Trinajstić information content (AvgIpc) is 2.73. The molecule has 0 saturated carbocycles. The Morgan fingerprint density at radius 1 is 1.57 bits per heavy atom. The Bertz CT molecular complexity index is 356. The summed E-state index contributed by atoms with van der Waals surface area (Å²) in [7, 11) is 0. The van der Waals surface area contributed by atoms with Gasteiger partial charge in [-0.05, 0) is 6.92 Å². The number of aromatic nitrogens is 1. The summed E-state index contributed by atoms with van der Waals surface area (Å²) in [5.74, 6) is 2.69. The lowest BCUT2D eigenvalue weighted by atomic mass is 10.3. The molecular weight excluding hydrogens is 200 g/mol. The van der Waals surface area contributed by atoms with Crippen LogP contribution in [0.4, 0.5) is 0 Å². The van der Waals surface area contributed by atoms with E-state index >= 15 is 0 Å². The van der Waals surface area contributed by atoms with Crippen molar-refractivity contribution in [3.8, 4) is 0 Å². The van der Waals surface area contributed by atoms with Gasteiger partial charge in [-0.3, -0.25) is 4.79 Å². The van der Waals surface area contributed by atoms with E-state index in [1.54, 1.807) is 30.5 Å². The smallest absolute Gasteiger partial charge is 0.292 e. The van der Waals surface area contributed by atoms with Crippen molar-refractivity contribution >= 4 is 17.7 Å². The molecule has 1 fully saturated rings. The minimum Gasteiger partial charge on any atom is -0.436 e. The van der Waals surface area contributed by atoms with E-state index < -0.39 is 0 Å². The van der Waals surface area contributed by atoms with Crippen LogP contribution in [0, 0.1) is 13.8 Å². The SMILES string of the molecule is Cc1nc(C)c(C(=O)N2CCSC2)o1. The molecule has 1 aromatic rings. The monoisotopic (exact) mass is 212 g/mol. The molecule has 0 bridgehead atoms. The van der Waals surface area contributed by atoms with Crippen molar-refractivity contribution in [1.29, 1.82) is 0 Å². The first kappa shape index (κ1) is 9.58. The second-order valence-electron chi connectivity index (χ2n) is 3.25. The van der Waals surface area contributed by atoms with Gasteiger partial charge in [0.1, 0.15) is 0 Å². The van der Waals surface area contributed by atoms with Crippen molar-refractivity contribution < 1.29 is 9.21 Å². The van der Waals surface area contributed by atoms with Gasteiger partial charge in [0.15, 0.2) is 5.89 Å². The highest BCUT2D eigenvalue weighted by molar-refractivity contribution is 7.99. The quantitative estimate of drug-likeness (QED) is 0.706. The fraction of sp³-hybridized carbons (Fsp3) is 0.556. The fourth-order valence-electron chi connectivity index (χ4n) is 1.45. The summed E-state index contributed by atoms with van der Waals surface area (Å²) in [6.45, 7) is 4.36. The van der Waals surface area contributed by atoms with E-state index in [1.807, 2.05) is 0 Å². The van der Waals surface area contributed by atoms with Crippen molar-refractivity contribution in [2.24, 2.45) is 0 Å². The van der Waals surface area contributed by atoms with Gasteiger partial charge in [-0.2, -0.15) is 0 Å². The van der Waals surface area contributed by atoms with Crippen LogP contribution in [0.15, 0.2) is 4.42 Å². The minimum absolute atomic E-state index is 0.0342. The first-order chi connectivity index (χ1) is 6.68. The Labute approximate surface area is 86.7 Å². The fourth-order valence-corrected chi connectivity index (χ4v) is 2.39. The molecule has 0 spiro atoms. The van der Waals surface area contributed by atoms with Crippen LogP contribution in [0.1, 0.15) is 22.1 Å². The number of aryl methyl sites for hydroxylation is 2. The van der Waals surface area contributed by atoms with Gasteiger partial charge in [-0.1, -0.05) is 0 Å². The lowest BCUT2D eigenvalue weighted by molar-refractivity contribution is 0.0769. The first-order valence-electron chi connectivity index (χ1n) is 4.49. The van der Waals surface area contributed by atoms with E-state index in [2.05, 4.69) is 4.98 Å². The summed E-state index contributed by atoms with van der Waals surface area (Å²) in [5.41, 5.74) is 0.685. The Balaban J connectivity index is 2.21. The summed E-state index contributed by atoms with van der Waals surface area (Å²) in [6, 6.07) is 0. The maximum absolute atomic E-state index is 11.9. The molecule has 14 heavy (non-hydrogen) atoms. The number of hydrogen-bond donors (Lipinski definition) is 0. The van der Waals surface area contributed by atoms with Gasteiger partial charge in [0.2, 0.25) is 5.76 Å². The van der Waals surface area contributed by atoms with Crippen LogP contribution < -0.4 is 0 Å². The van der Waals surface area contributed by atoms with Gasteiger partial charge in [0.25, 0.3) is 5.91 Å². The van der Waals surface area contributed by atoms with Crippen molar-refractivity contribution in [1.82, 2.24) is 9.88 Å². The van der Waals surface area contributed by atoms with Gasteiger partial charge >= 0.3 is 0 Å². The van der Waals surface area contributed by atoms with E-state index in [4.69, 9.17) is 4.42 Å². The summed E-state index contributed by atoms with van der Waals surface area (Å²) in [6.07, 6.45) is 0. The number of carbonyl (C=O) groups is 1. The van der Waals surface area contributed by atoms with Crippen LogP contribution in [0.3, 0.4) is 0 Å². The maximum Gasteiger partial charge on any atom is 0.292 e. The van der Waals surface area contributed by atoms with Crippen LogP contribution in [-0.2, 0) is 0 Å². The Morgan fingerprint density at radius 3 is 2.86 bits per heavy atom. The van der Waals surface area contributed by atoms with Gasteiger partial charge in [0, 0.05) is 19.2 Å².